The molecule has 0 spiro atoms. The predicted molar refractivity (Wildman–Crippen MR) is 153 cm³/mol. The van der Waals surface area contributed by atoms with Crippen molar-refractivity contribution in [3.63, 3.8) is 0 Å². The summed E-state index contributed by atoms with van der Waals surface area (Å²) >= 11 is 0. The van der Waals surface area contributed by atoms with E-state index in [9.17, 15) is 19.7 Å². The molecule has 11 heteroatoms. The van der Waals surface area contributed by atoms with Gasteiger partial charge in [0.15, 0.2) is 11.5 Å². The van der Waals surface area contributed by atoms with Crippen LogP contribution in [0.2, 0.25) is 0 Å². The van der Waals surface area contributed by atoms with Gasteiger partial charge in [-0.25, -0.2) is 9.59 Å². The minimum absolute atomic E-state index is 0.0551. The Balaban J connectivity index is 2.09. The number of nitrogens with two attached hydrogens (primary N) is 1. The lowest BCUT2D eigenvalue weighted by atomic mass is 9.98. The quantitative estimate of drug-likeness (QED) is 0.0432. The molecule has 2 rings (SSSR count). The number of ether oxygens (including phenoxy) is 4. The summed E-state index contributed by atoms with van der Waals surface area (Å²) in [7, 11) is 1.45. The number of carbonyl (C=O) groups excluding carboxylic acids is 2. The molecule has 2 aromatic rings. The highest BCUT2D eigenvalue weighted by Crippen LogP contribution is 2.32. The third-order valence-corrected chi connectivity index (χ3v) is 5.86. The zero-order chi connectivity index (χ0) is 30.0. The standard InChI is InChI=1S/C30H38N2O9/c1-4-5-12-26(40-22(2)17-18-31)24-10-6-7-11-25(24)30(34)41-27-15-13-23(21-28(27)37-3)14-16-29(33)38-19-8-9-20-39-32(35)36/h6-7,10-11,13-16,21,26H,2,4-5,8-9,12,17-20,31H2,1,3H3/b16-14+. The molecule has 0 saturated carbocycles. The molecule has 0 fully saturated rings. The second-order valence-corrected chi connectivity index (χ2v) is 8.98. The molecule has 0 radical (unpaired) electrons. The Bertz CT molecular complexity index is 1200. The number of carbonyl (C=O) groups is 2. The lowest BCUT2D eigenvalue weighted by Crippen LogP contribution is -2.16. The lowest BCUT2D eigenvalue weighted by Gasteiger charge is -2.23. The summed E-state index contributed by atoms with van der Waals surface area (Å²) in [5.41, 5.74) is 7.33. The van der Waals surface area contributed by atoms with Crippen LogP contribution >= 0.6 is 0 Å². The largest absolute Gasteiger partial charge is 0.493 e. The van der Waals surface area contributed by atoms with Crippen LogP contribution in [0.1, 0.15) is 73.0 Å². The minimum Gasteiger partial charge on any atom is -0.493 e. The van der Waals surface area contributed by atoms with Crippen molar-refractivity contribution in [2.24, 2.45) is 5.73 Å². The Labute approximate surface area is 240 Å². The molecular formula is C30H38N2O9. The number of nitrogens with zero attached hydrogens (tertiary/aromatic N) is 1. The molecule has 1 unspecified atom stereocenters. The predicted octanol–water partition coefficient (Wildman–Crippen LogP) is 5.57. The summed E-state index contributed by atoms with van der Waals surface area (Å²) in [6.45, 7) is 6.50. The smallest absolute Gasteiger partial charge is 0.344 e. The molecule has 0 aromatic heterocycles. The van der Waals surface area contributed by atoms with Gasteiger partial charge in [-0.2, -0.15) is 0 Å². The molecule has 0 bridgehead atoms. The average molecular weight is 571 g/mol. The fourth-order valence-corrected chi connectivity index (χ4v) is 3.81. The molecular weight excluding hydrogens is 532 g/mol. The van der Waals surface area contributed by atoms with E-state index >= 15 is 0 Å². The van der Waals surface area contributed by atoms with Crippen LogP contribution in [0.25, 0.3) is 6.08 Å². The van der Waals surface area contributed by atoms with E-state index in [4.69, 9.17) is 24.7 Å². The number of unbranched alkanes of at least 4 members (excludes halogenated alkanes) is 2. The van der Waals surface area contributed by atoms with Crippen molar-refractivity contribution in [1.82, 2.24) is 0 Å². The fourth-order valence-electron chi connectivity index (χ4n) is 3.81. The number of methoxy groups -OCH3 is 1. The molecule has 11 nitrogen and oxygen atoms in total. The molecule has 222 valence electrons. The third kappa shape index (κ3) is 11.7. The number of rotatable bonds is 19. The highest BCUT2D eigenvalue weighted by atomic mass is 16.9. The molecule has 0 aliphatic heterocycles. The molecule has 0 aliphatic carbocycles. The highest BCUT2D eigenvalue weighted by molar-refractivity contribution is 5.93. The minimum atomic E-state index is -0.864. The van der Waals surface area contributed by atoms with E-state index < -0.39 is 17.0 Å². The van der Waals surface area contributed by atoms with Gasteiger partial charge in [-0.3, -0.25) is 0 Å². The van der Waals surface area contributed by atoms with E-state index in [1.165, 1.54) is 19.3 Å². The molecule has 1 atom stereocenters. The first kappa shape index (κ1) is 32.8. The van der Waals surface area contributed by atoms with E-state index in [1.54, 1.807) is 30.3 Å². The Hall–Kier alpha value is -4.38. The van der Waals surface area contributed by atoms with Gasteiger partial charge in [0.05, 0.1) is 31.6 Å². The molecule has 2 N–H and O–H groups in total. The van der Waals surface area contributed by atoms with Gasteiger partial charge in [-0.1, -0.05) is 44.2 Å². The third-order valence-electron chi connectivity index (χ3n) is 5.86. The van der Waals surface area contributed by atoms with E-state index in [-0.39, 0.29) is 25.1 Å². The number of hydrogen-bond donors (Lipinski definition) is 1. The van der Waals surface area contributed by atoms with Gasteiger partial charge in [0.2, 0.25) is 0 Å². The maximum atomic E-state index is 13.3. The first-order valence-electron chi connectivity index (χ1n) is 13.4. The van der Waals surface area contributed by atoms with Crippen molar-refractivity contribution >= 4 is 18.0 Å². The summed E-state index contributed by atoms with van der Waals surface area (Å²) < 4.78 is 22.3. The van der Waals surface area contributed by atoms with Crippen LogP contribution in [-0.4, -0.2) is 43.9 Å². The molecule has 0 aliphatic rings. The van der Waals surface area contributed by atoms with Crippen molar-refractivity contribution in [2.45, 2.75) is 51.6 Å². The first-order chi connectivity index (χ1) is 19.8. The van der Waals surface area contributed by atoms with Crippen LogP contribution in [0.5, 0.6) is 11.5 Å². The van der Waals surface area contributed by atoms with Gasteiger partial charge in [0.25, 0.3) is 5.09 Å². The number of esters is 2. The average Bonchev–Trinajstić information content (AvgIpc) is 2.96. The highest BCUT2D eigenvalue weighted by Gasteiger charge is 2.23. The van der Waals surface area contributed by atoms with Crippen LogP contribution < -0.4 is 15.2 Å². The molecule has 0 heterocycles. The summed E-state index contributed by atoms with van der Waals surface area (Å²) in [5, 5.41) is 9.24. The van der Waals surface area contributed by atoms with Crippen LogP contribution in [0.3, 0.4) is 0 Å². The summed E-state index contributed by atoms with van der Waals surface area (Å²) in [6, 6.07) is 12.0. The molecule has 0 amide bonds. The second-order valence-electron chi connectivity index (χ2n) is 8.98. The Morgan fingerprint density at radius 1 is 1.10 bits per heavy atom. The van der Waals surface area contributed by atoms with E-state index in [0.29, 0.717) is 60.4 Å². The summed E-state index contributed by atoms with van der Waals surface area (Å²) in [6.07, 6.45) is 6.31. The summed E-state index contributed by atoms with van der Waals surface area (Å²) in [4.78, 5) is 39.6. The van der Waals surface area contributed by atoms with Crippen molar-refractivity contribution < 1.29 is 38.5 Å². The fraction of sp³-hybridized carbons (Fsp3) is 0.400. The molecule has 0 saturated heterocycles. The Kier molecular flexibility index (Phi) is 14.5. The molecule has 41 heavy (non-hydrogen) atoms. The van der Waals surface area contributed by atoms with Crippen molar-refractivity contribution in [3.8, 4) is 11.5 Å². The maximum Gasteiger partial charge on any atom is 0.344 e. The Morgan fingerprint density at radius 3 is 2.56 bits per heavy atom. The normalized spacial score (nSPS) is 11.5. The zero-order valence-corrected chi connectivity index (χ0v) is 23.5. The SMILES string of the molecule is C=C(CCN)OC(CCCC)c1ccccc1C(=O)Oc1ccc(/C=C/C(=O)OCCCCO[N+](=O)[O-])cc1OC. The van der Waals surface area contributed by atoms with E-state index in [0.717, 1.165) is 12.8 Å². The van der Waals surface area contributed by atoms with Crippen LogP contribution in [0.15, 0.2) is 60.9 Å². The van der Waals surface area contributed by atoms with Crippen LogP contribution in [0, 0.1) is 10.1 Å². The Morgan fingerprint density at radius 2 is 1.85 bits per heavy atom. The van der Waals surface area contributed by atoms with Gasteiger partial charge >= 0.3 is 11.9 Å². The molecule has 2 aromatic carbocycles. The lowest BCUT2D eigenvalue weighted by molar-refractivity contribution is -0.757. The maximum absolute atomic E-state index is 13.3. The monoisotopic (exact) mass is 570 g/mol. The zero-order valence-electron chi connectivity index (χ0n) is 23.5. The van der Waals surface area contributed by atoms with Crippen LogP contribution in [0.4, 0.5) is 0 Å². The van der Waals surface area contributed by atoms with Gasteiger partial charge in [0, 0.05) is 18.1 Å². The van der Waals surface area contributed by atoms with Crippen LogP contribution in [-0.2, 0) is 19.1 Å². The van der Waals surface area contributed by atoms with Crippen molar-refractivity contribution in [2.75, 3.05) is 26.9 Å². The number of benzene rings is 2. The topological polar surface area (TPSA) is 149 Å². The second kappa shape index (κ2) is 18.1. The summed E-state index contributed by atoms with van der Waals surface area (Å²) in [5.74, 6) is -0.0628. The first-order valence-corrected chi connectivity index (χ1v) is 13.4. The van der Waals surface area contributed by atoms with Gasteiger partial charge in [-0.15, -0.1) is 10.1 Å². The van der Waals surface area contributed by atoms with E-state index in [1.807, 2.05) is 12.1 Å². The van der Waals surface area contributed by atoms with Gasteiger partial charge in [-0.05, 0) is 62.1 Å². The van der Waals surface area contributed by atoms with Crippen molar-refractivity contribution in [3.05, 3.63) is 87.7 Å². The van der Waals surface area contributed by atoms with Crippen molar-refractivity contribution in [1.29, 1.82) is 0 Å². The van der Waals surface area contributed by atoms with Gasteiger partial charge in [0.1, 0.15) is 6.10 Å². The van der Waals surface area contributed by atoms with E-state index in [2.05, 4.69) is 18.3 Å². The van der Waals surface area contributed by atoms with Gasteiger partial charge < -0.3 is 29.5 Å². The number of hydrogen-bond acceptors (Lipinski definition) is 10.